The maximum Gasteiger partial charge on any atom is 0.262 e. The fourth-order valence-corrected chi connectivity index (χ4v) is 9.71. The van der Waals surface area contributed by atoms with Gasteiger partial charge in [-0.1, -0.05) is 12.1 Å². The molecule has 0 radical (unpaired) electrons. The molecule has 10 rings (SSSR count). The first-order valence-electron chi connectivity index (χ1n) is 18.5. The summed E-state index contributed by atoms with van der Waals surface area (Å²) in [7, 11) is 0. The van der Waals surface area contributed by atoms with Crippen molar-refractivity contribution in [2.45, 2.75) is 24.9 Å². The molecule has 2 unspecified atom stereocenters. The van der Waals surface area contributed by atoms with E-state index in [-0.39, 0.29) is 24.5 Å². The fraction of sp³-hybridized carbons (Fsp3) is 0.474. The summed E-state index contributed by atoms with van der Waals surface area (Å²) in [6.45, 7) is 10.3. The number of aromatic nitrogens is 2. The third kappa shape index (κ3) is 5.21. The van der Waals surface area contributed by atoms with E-state index in [2.05, 4.69) is 46.5 Å². The zero-order valence-electron chi connectivity index (χ0n) is 28.8. The van der Waals surface area contributed by atoms with E-state index in [1.807, 2.05) is 24.3 Å². The molecule has 0 bridgehead atoms. The standard InChI is InChI=1S/C38H41N9O5/c48-33-4-2-1-3-25(33)30-12-32-35(42-41-30)39-13-23-17-43(9-10-46(23)32)18-27-28-19-44(20-29(27)28)14-21-15-45(16-21)22-5-6-24-26(11-22)38(52)47(37(24)51)31-7-8-34(49)40-36(31)50/h1-6,11-12,21,23,27-29,31,48H,7-10,13-20H2,(H,39,42)(H,40,49,50)/t23-,27?,28-,29+,31?/m0/s1. The van der Waals surface area contributed by atoms with Crippen LogP contribution in [0.2, 0.25) is 0 Å². The van der Waals surface area contributed by atoms with Crippen LogP contribution >= 0.6 is 0 Å². The smallest absolute Gasteiger partial charge is 0.262 e. The van der Waals surface area contributed by atoms with Crippen LogP contribution in [0, 0.1) is 23.7 Å². The van der Waals surface area contributed by atoms with Crippen molar-refractivity contribution in [2.24, 2.45) is 23.7 Å². The SMILES string of the molecule is O=C1CCC(N2C(=O)c3ccc(N4CC(CN5C[C@@H]6C(CN7CCN8c9cc(-c%10ccccc%10O)nnc9NC[C@H]8C7)[C@@H]6C5)C4)cc3C2=O)C(=O)N1. The minimum Gasteiger partial charge on any atom is -0.507 e. The molecule has 7 heterocycles. The van der Waals surface area contributed by atoms with E-state index >= 15 is 0 Å². The number of carbonyl (C=O) groups excluding carboxylic acids is 4. The predicted octanol–water partition coefficient (Wildman–Crippen LogP) is 1.48. The number of para-hydroxylation sites is 1. The number of imide groups is 2. The van der Waals surface area contributed by atoms with Gasteiger partial charge >= 0.3 is 0 Å². The molecule has 1 saturated carbocycles. The number of nitrogens with zero attached hydrogens (tertiary/aromatic N) is 7. The number of anilines is 3. The molecule has 6 aliphatic heterocycles. The number of piperazine rings is 1. The second-order valence-electron chi connectivity index (χ2n) is 15.6. The van der Waals surface area contributed by atoms with Gasteiger partial charge in [0.05, 0.1) is 28.6 Å². The number of fused-ring (bicyclic) bond motifs is 5. The molecule has 268 valence electrons. The number of benzene rings is 2. The van der Waals surface area contributed by atoms with Gasteiger partial charge < -0.3 is 25.1 Å². The highest BCUT2D eigenvalue weighted by Crippen LogP contribution is 2.52. The van der Waals surface area contributed by atoms with Crippen LogP contribution in [0.25, 0.3) is 11.3 Å². The quantitative estimate of drug-likeness (QED) is 0.306. The molecule has 7 aliphatic rings. The number of likely N-dealkylation sites (tertiary alicyclic amines) is 1. The molecule has 1 aromatic heterocycles. The summed E-state index contributed by atoms with van der Waals surface area (Å²) in [5, 5.41) is 25.0. The Bertz CT molecular complexity index is 2010. The van der Waals surface area contributed by atoms with Crippen LogP contribution in [0.5, 0.6) is 5.75 Å². The maximum absolute atomic E-state index is 13.3. The highest BCUT2D eigenvalue weighted by atomic mass is 16.3. The van der Waals surface area contributed by atoms with Crippen LogP contribution in [0.15, 0.2) is 48.5 Å². The summed E-state index contributed by atoms with van der Waals surface area (Å²) in [6.07, 6.45) is 0.262. The van der Waals surface area contributed by atoms with E-state index in [1.54, 1.807) is 18.2 Å². The van der Waals surface area contributed by atoms with Gasteiger partial charge in [0, 0.05) is 89.0 Å². The summed E-state index contributed by atoms with van der Waals surface area (Å²) in [4.78, 5) is 61.4. The summed E-state index contributed by atoms with van der Waals surface area (Å²) < 4.78 is 0. The van der Waals surface area contributed by atoms with E-state index < -0.39 is 23.8 Å². The van der Waals surface area contributed by atoms with Crippen molar-refractivity contribution < 1.29 is 24.3 Å². The summed E-state index contributed by atoms with van der Waals surface area (Å²) in [5.41, 5.74) is 4.02. The van der Waals surface area contributed by atoms with E-state index in [9.17, 15) is 24.3 Å². The number of carbonyl (C=O) groups is 4. The van der Waals surface area contributed by atoms with Crippen molar-refractivity contribution in [1.82, 2.24) is 30.2 Å². The van der Waals surface area contributed by atoms with E-state index in [1.165, 1.54) is 13.1 Å². The van der Waals surface area contributed by atoms with Gasteiger partial charge in [-0.05, 0) is 60.6 Å². The van der Waals surface area contributed by atoms with Gasteiger partial charge in [0.1, 0.15) is 11.8 Å². The lowest BCUT2D eigenvalue weighted by atomic mass is 9.97. The Hall–Kier alpha value is -5.08. The van der Waals surface area contributed by atoms with Gasteiger partial charge in [0.25, 0.3) is 11.8 Å². The Morgan fingerprint density at radius 3 is 2.42 bits per heavy atom. The molecule has 0 spiro atoms. The number of hydrogen-bond acceptors (Lipinski definition) is 12. The monoisotopic (exact) mass is 703 g/mol. The minimum atomic E-state index is -0.951. The number of piperidine rings is 2. The first-order valence-corrected chi connectivity index (χ1v) is 18.5. The second-order valence-corrected chi connectivity index (χ2v) is 15.6. The number of nitrogens with one attached hydrogen (secondary N) is 2. The van der Waals surface area contributed by atoms with E-state index in [4.69, 9.17) is 0 Å². The number of phenols is 1. The third-order valence-electron chi connectivity index (χ3n) is 12.5. The van der Waals surface area contributed by atoms with Crippen LogP contribution in [0.1, 0.15) is 33.6 Å². The molecule has 2 aromatic carbocycles. The molecular formula is C38H41N9O5. The first-order chi connectivity index (χ1) is 25.3. The van der Waals surface area contributed by atoms with Crippen molar-refractivity contribution in [3.05, 3.63) is 59.7 Å². The number of aromatic hydroxyl groups is 1. The van der Waals surface area contributed by atoms with Gasteiger partial charge in [-0.25, -0.2) is 0 Å². The summed E-state index contributed by atoms with van der Waals surface area (Å²) >= 11 is 0. The molecular weight excluding hydrogens is 662 g/mol. The molecule has 3 N–H and O–H groups in total. The average Bonchev–Trinajstić information content (AvgIpc) is 3.44. The Balaban J connectivity index is 0.695. The number of rotatable bonds is 7. The lowest BCUT2D eigenvalue weighted by molar-refractivity contribution is -0.136. The van der Waals surface area contributed by atoms with Crippen LogP contribution in [0.4, 0.5) is 17.2 Å². The highest BCUT2D eigenvalue weighted by Gasteiger charge is 2.56. The molecule has 4 amide bonds. The lowest BCUT2D eigenvalue weighted by Crippen LogP contribution is -2.58. The largest absolute Gasteiger partial charge is 0.507 e. The third-order valence-corrected chi connectivity index (χ3v) is 12.5. The van der Waals surface area contributed by atoms with Crippen molar-refractivity contribution in [1.29, 1.82) is 0 Å². The Kier molecular flexibility index (Phi) is 7.29. The second kappa shape index (κ2) is 12.0. The minimum absolute atomic E-state index is 0.108. The van der Waals surface area contributed by atoms with Gasteiger partial charge in [-0.3, -0.25) is 34.3 Å². The van der Waals surface area contributed by atoms with Gasteiger partial charge in [0.15, 0.2) is 5.82 Å². The summed E-state index contributed by atoms with van der Waals surface area (Å²) in [5.74, 6) is 2.02. The topological polar surface area (TPSA) is 155 Å². The first kappa shape index (κ1) is 31.6. The van der Waals surface area contributed by atoms with E-state index in [0.29, 0.717) is 34.3 Å². The number of amides is 4. The van der Waals surface area contributed by atoms with Gasteiger partial charge in [-0.2, -0.15) is 0 Å². The van der Waals surface area contributed by atoms with Crippen molar-refractivity contribution in [3.63, 3.8) is 0 Å². The predicted molar refractivity (Wildman–Crippen MR) is 191 cm³/mol. The van der Waals surface area contributed by atoms with Crippen LogP contribution in [-0.4, -0.2) is 131 Å². The molecule has 14 nitrogen and oxygen atoms in total. The number of hydrogen-bond donors (Lipinski definition) is 3. The number of phenolic OH excluding ortho intramolecular Hbond substituents is 1. The molecule has 3 aromatic rings. The summed E-state index contributed by atoms with van der Waals surface area (Å²) in [6, 6.07) is 14.1. The Morgan fingerprint density at radius 1 is 0.808 bits per heavy atom. The van der Waals surface area contributed by atoms with E-state index in [0.717, 1.165) is 92.2 Å². The highest BCUT2D eigenvalue weighted by molar-refractivity contribution is 6.23. The molecule has 52 heavy (non-hydrogen) atoms. The van der Waals surface area contributed by atoms with Crippen LogP contribution in [-0.2, 0) is 9.59 Å². The Labute approximate surface area is 300 Å². The van der Waals surface area contributed by atoms with Crippen molar-refractivity contribution >= 4 is 40.8 Å². The fourth-order valence-electron chi connectivity index (χ4n) is 9.71. The van der Waals surface area contributed by atoms with Gasteiger partial charge in [-0.15, -0.1) is 10.2 Å². The maximum atomic E-state index is 13.3. The van der Waals surface area contributed by atoms with Crippen LogP contribution < -0.4 is 20.4 Å². The lowest BCUT2D eigenvalue weighted by Gasteiger charge is -2.46. The molecule has 5 fully saturated rings. The van der Waals surface area contributed by atoms with Crippen molar-refractivity contribution in [2.75, 3.05) is 80.6 Å². The molecule has 5 atom stereocenters. The molecule has 14 heteroatoms. The van der Waals surface area contributed by atoms with Crippen LogP contribution in [0.3, 0.4) is 0 Å². The molecule has 1 aliphatic carbocycles. The molecule has 4 saturated heterocycles. The average molecular weight is 704 g/mol. The Morgan fingerprint density at radius 2 is 1.62 bits per heavy atom. The van der Waals surface area contributed by atoms with Gasteiger partial charge in [0.2, 0.25) is 11.8 Å². The normalized spacial score (nSPS) is 28.5. The zero-order chi connectivity index (χ0) is 35.2. The van der Waals surface area contributed by atoms with Crippen molar-refractivity contribution in [3.8, 4) is 17.0 Å². The zero-order valence-corrected chi connectivity index (χ0v) is 28.8.